The summed E-state index contributed by atoms with van der Waals surface area (Å²) >= 11 is 0. The van der Waals surface area contributed by atoms with Crippen molar-refractivity contribution in [3.05, 3.63) is 71.3 Å². The van der Waals surface area contributed by atoms with Gasteiger partial charge in [0.05, 0.1) is 25.2 Å². The highest BCUT2D eigenvalue weighted by atomic mass is 16.6. The van der Waals surface area contributed by atoms with Crippen molar-refractivity contribution in [1.82, 2.24) is 10.2 Å². The zero-order valence-corrected chi connectivity index (χ0v) is 20.5. The number of rotatable bonds is 9. The second-order valence-corrected chi connectivity index (χ2v) is 9.91. The van der Waals surface area contributed by atoms with Crippen LogP contribution in [-0.2, 0) is 33.8 Å². The third-order valence-corrected chi connectivity index (χ3v) is 5.93. The predicted molar refractivity (Wildman–Crippen MR) is 130 cm³/mol. The third-order valence-electron chi connectivity index (χ3n) is 5.93. The number of alkyl carbamates (subject to hydrolysis) is 1. The average Bonchev–Trinajstić information content (AvgIpc) is 2.76. The Morgan fingerprint density at radius 1 is 1.09 bits per heavy atom. The van der Waals surface area contributed by atoms with Gasteiger partial charge in [-0.25, -0.2) is 4.79 Å². The van der Waals surface area contributed by atoms with Gasteiger partial charge < -0.3 is 19.9 Å². The summed E-state index contributed by atoms with van der Waals surface area (Å²) in [5.74, 6) is -0.834. The van der Waals surface area contributed by atoms with Crippen LogP contribution in [0.1, 0.15) is 50.8 Å². The van der Waals surface area contributed by atoms with Gasteiger partial charge in [0.25, 0.3) is 0 Å². The van der Waals surface area contributed by atoms with Gasteiger partial charge in [-0.05, 0) is 50.8 Å². The molecule has 0 radical (unpaired) electrons. The first kappa shape index (κ1) is 25.7. The average molecular weight is 469 g/mol. The van der Waals surface area contributed by atoms with Gasteiger partial charge in [-0.15, -0.1) is 0 Å². The Labute approximate surface area is 202 Å². The van der Waals surface area contributed by atoms with Crippen molar-refractivity contribution in [2.45, 2.75) is 77.5 Å². The van der Waals surface area contributed by atoms with E-state index in [2.05, 4.69) is 22.3 Å². The smallest absolute Gasteiger partial charge is 0.408 e. The Kier molecular flexibility index (Phi) is 8.69. The molecule has 0 aliphatic carbocycles. The van der Waals surface area contributed by atoms with Crippen LogP contribution in [0.3, 0.4) is 0 Å². The molecular formula is C27H36N2O5. The van der Waals surface area contributed by atoms with Gasteiger partial charge >= 0.3 is 12.1 Å². The zero-order chi connectivity index (χ0) is 24.7. The molecule has 3 rings (SSSR count). The van der Waals surface area contributed by atoms with Crippen LogP contribution in [0, 0.1) is 0 Å². The molecule has 1 aliphatic heterocycles. The van der Waals surface area contributed by atoms with Crippen LogP contribution in [0.5, 0.6) is 0 Å². The number of carbonyl (C=O) groups is 2. The fourth-order valence-corrected chi connectivity index (χ4v) is 4.20. The van der Waals surface area contributed by atoms with Crippen LogP contribution in [0.4, 0.5) is 4.79 Å². The van der Waals surface area contributed by atoms with Crippen molar-refractivity contribution < 1.29 is 24.2 Å². The lowest BCUT2D eigenvalue weighted by Crippen LogP contribution is -2.54. The maximum Gasteiger partial charge on any atom is 0.408 e. The summed E-state index contributed by atoms with van der Waals surface area (Å²) in [5, 5.41) is 12.5. The van der Waals surface area contributed by atoms with Crippen LogP contribution < -0.4 is 5.32 Å². The summed E-state index contributed by atoms with van der Waals surface area (Å²) in [6.07, 6.45) is -0.150. The molecule has 0 saturated heterocycles. The predicted octanol–water partition coefficient (Wildman–Crippen LogP) is 4.39. The molecule has 0 fully saturated rings. The molecule has 0 spiro atoms. The Balaban J connectivity index is 1.77. The molecule has 7 heteroatoms. The molecule has 0 aromatic heterocycles. The summed E-state index contributed by atoms with van der Waals surface area (Å²) in [5.41, 5.74) is 2.77. The van der Waals surface area contributed by atoms with Gasteiger partial charge in [0.1, 0.15) is 5.60 Å². The van der Waals surface area contributed by atoms with Crippen molar-refractivity contribution in [2.75, 3.05) is 6.54 Å². The van der Waals surface area contributed by atoms with Gasteiger partial charge in [0.15, 0.2) is 0 Å². The first-order valence-corrected chi connectivity index (χ1v) is 11.8. The molecule has 0 unspecified atom stereocenters. The van der Waals surface area contributed by atoms with E-state index < -0.39 is 17.7 Å². The maximum atomic E-state index is 12.6. The van der Waals surface area contributed by atoms with Gasteiger partial charge in [0, 0.05) is 19.1 Å². The number of carboxylic acid groups (broad SMARTS) is 1. The topological polar surface area (TPSA) is 88.1 Å². The maximum absolute atomic E-state index is 12.6. The number of amides is 1. The van der Waals surface area contributed by atoms with E-state index in [9.17, 15) is 14.7 Å². The minimum absolute atomic E-state index is 0.0345. The fourth-order valence-electron chi connectivity index (χ4n) is 4.20. The van der Waals surface area contributed by atoms with E-state index in [0.717, 1.165) is 5.56 Å². The molecule has 1 heterocycles. The standard InChI is InChI=1S/C27H36N2O5/c1-19(33-18-20-10-6-5-7-11-20)24(28-26(32)34-27(2,3)4)17-29-16-22-13-9-8-12-21(22)14-23(29)15-25(30)31/h5-13,19,23-24H,14-18H2,1-4H3,(H,28,32)(H,30,31)/t19-,23-,24+/m1/s1. The first-order valence-electron chi connectivity index (χ1n) is 11.8. The van der Waals surface area contributed by atoms with Gasteiger partial charge in [-0.3, -0.25) is 9.69 Å². The van der Waals surface area contributed by atoms with E-state index in [1.807, 2.05) is 70.2 Å². The summed E-state index contributed by atoms with van der Waals surface area (Å²) in [6.45, 7) is 8.86. The number of hydrogen-bond donors (Lipinski definition) is 2. The van der Waals surface area contributed by atoms with E-state index in [4.69, 9.17) is 9.47 Å². The lowest BCUT2D eigenvalue weighted by Gasteiger charge is -2.39. The normalized spacial score (nSPS) is 17.9. The summed E-state index contributed by atoms with van der Waals surface area (Å²) in [7, 11) is 0. The number of fused-ring (bicyclic) bond motifs is 1. The monoisotopic (exact) mass is 468 g/mol. The SMILES string of the molecule is C[C@@H](OCc1ccccc1)[C@H](CN1Cc2ccccc2C[C@@H]1CC(=O)O)NC(=O)OC(C)(C)C. The molecule has 1 aliphatic rings. The number of nitrogens with zero attached hydrogens (tertiary/aromatic N) is 1. The second kappa shape index (κ2) is 11.5. The van der Waals surface area contributed by atoms with Crippen LogP contribution in [0.2, 0.25) is 0 Å². The minimum Gasteiger partial charge on any atom is -0.481 e. The Hall–Kier alpha value is -2.90. The van der Waals surface area contributed by atoms with Crippen molar-refractivity contribution in [1.29, 1.82) is 0 Å². The number of nitrogens with one attached hydrogen (secondary N) is 1. The van der Waals surface area contributed by atoms with E-state index in [1.54, 1.807) is 0 Å². The molecule has 0 bridgehead atoms. The summed E-state index contributed by atoms with van der Waals surface area (Å²) in [6, 6.07) is 17.4. The number of hydrogen-bond acceptors (Lipinski definition) is 5. The molecule has 3 atom stereocenters. The molecule has 7 nitrogen and oxygen atoms in total. The van der Waals surface area contributed by atoms with Gasteiger partial charge in [-0.2, -0.15) is 0 Å². The number of carbonyl (C=O) groups excluding carboxylic acids is 1. The molecular weight excluding hydrogens is 432 g/mol. The van der Waals surface area contributed by atoms with E-state index in [0.29, 0.717) is 26.1 Å². The highest BCUT2D eigenvalue weighted by Gasteiger charge is 2.32. The lowest BCUT2D eigenvalue weighted by molar-refractivity contribution is -0.138. The second-order valence-electron chi connectivity index (χ2n) is 9.91. The van der Waals surface area contributed by atoms with Gasteiger partial charge in [-0.1, -0.05) is 54.6 Å². The lowest BCUT2D eigenvalue weighted by atomic mass is 9.91. The number of carboxylic acids is 1. The molecule has 34 heavy (non-hydrogen) atoms. The Morgan fingerprint density at radius 3 is 2.38 bits per heavy atom. The van der Waals surface area contributed by atoms with E-state index >= 15 is 0 Å². The van der Waals surface area contributed by atoms with Crippen molar-refractivity contribution in [3.8, 4) is 0 Å². The molecule has 2 N–H and O–H groups in total. The van der Waals surface area contributed by atoms with Gasteiger partial charge in [0.2, 0.25) is 0 Å². The first-order chi connectivity index (χ1) is 16.1. The molecule has 0 saturated carbocycles. The minimum atomic E-state index is -0.834. The number of benzene rings is 2. The van der Waals surface area contributed by atoms with Crippen molar-refractivity contribution in [3.63, 3.8) is 0 Å². The Bertz CT molecular complexity index is 957. The highest BCUT2D eigenvalue weighted by Crippen LogP contribution is 2.26. The van der Waals surface area contributed by atoms with E-state index in [-0.39, 0.29) is 24.6 Å². The number of ether oxygens (including phenoxy) is 2. The quantitative estimate of drug-likeness (QED) is 0.568. The zero-order valence-electron chi connectivity index (χ0n) is 20.5. The van der Waals surface area contributed by atoms with Crippen LogP contribution in [0.15, 0.2) is 54.6 Å². The van der Waals surface area contributed by atoms with Crippen LogP contribution in [0.25, 0.3) is 0 Å². The van der Waals surface area contributed by atoms with Crippen LogP contribution >= 0.6 is 0 Å². The largest absolute Gasteiger partial charge is 0.481 e. The highest BCUT2D eigenvalue weighted by molar-refractivity contribution is 5.68. The molecule has 2 aromatic carbocycles. The molecule has 1 amide bonds. The van der Waals surface area contributed by atoms with Crippen LogP contribution in [-0.4, -0.2) is 52.4 Å². The molecule has 184 valence electrons. The molecule has 2 aromatic rings. The fraction of sp³-hybridized carbons (Fsp3) is 0.481. The van der Waals surface area contributed by atoms with Crippen molar-refractivity contribution in [2.24, 2.45) is 0 Å². The third kappa shape index (κ3) is 7.85. The summed E-state index contributed by atoms with van der Waals surface area (Å²) in [4.78, 5) is 26.4. The summed E-state index contributed by atoms with van der Waals surface area (Å²) < 4.78 is 11.6. The Morgan fingerprint density at radius 2 is 1.74 bits per heavy atom. The van der Waals surface area contributed by atoms with E-state index in [1.165, 1.54) is 11.1 Å². The number of aliphatic carboxylic acids is 1. The van der Waals surface area contributed by atoms with Crippen molar-refractivity contribution >= 4 is 12.1 Å².